The Morgan fingerprint density at radius 2 is 1.85 bits per heavy atom. The molecule has 1 aromatic rings. The second-order valence-electron chi connectivity index (χ2n) is 5.55. The van der Waals surface area contributed by atoms with Crippen LogP contribution in [0.3, 0.4) is 0 Å². The van der Waals surface area contributed by atoms with Gasteiger partial charge in [-0.25, -0.2) is 0 Å². The quantitative estimate of drug-likeness (QED) is 0.919. The number of hydrogen-bond donors (Lipinski definition) is 1. The Balaban J connectivity index is 1.95. The number of piperidine rings is 1. The Morgan fingerprint density at radius 3 is 2.50 bits per heavy atom. The van der Waals surface area contributed by atoms with E-state index in [9.17, 15) is 9.90 Å². The number of rotatable bonds is 3. The summed E-state index contributed by atoms with van der Waals surface area (Å²) in [5.41, 5.74) is 3.31. The molecule has 1 aliphatic heterocycles. The summed E-state index contributed by atoms with van der Waals surface area (Å²) in [4.78, 5) is 13.9. The lowest BCUT2D eigenvalue weighted by Crippen LogP contribution is -2.42. The molecule has 1 amide bonds. The highest BCUT2D eigenvalue weighted by atomic mass is 16.5. The highest BCUT2D eigenvalue weighted by molar-refractivity contribution is 5.78. The minimum atomic E-state index is -0.263. The van der Waals surface area contributed by atoms with Crippen molar-refractivity contribution in [1.29, 1.82) is 0 Å². The average molecular weight is 277 g/mol. The van der Waals surface area contributed by atoms with Gasteiger partial charge in [-0.3, -0.25) is 4.79 Å². The molecule has 1 heterocycles. The van der Waals surface area contributed by atoms with Crippen molar-refractivity contribution in [3.63, 3.8) is 0 Å². The summed E-state index contributed by atoms with van der Waals surface area (Å²) in [6.07, 6.45) is 1.06. The van der Waals surface area contributed by atoms with Crippen molar-refractivity contribution in [3.8, 4) is 5.75 Å². The number of hydrogen-bond acceptors (Lipinski definition) is 3. The molecule has 1 saturated heterocycles. The number of aryl methyl sites for hydroxylation is 2. The largest absolute Gasteiger partial charge is 0.483 e. The van der Waals surface area contributed by atoms with Gasteiger partial charge in [0.05, 0.1) is 6.10 Å². The number of nitrogens with zero attached hydrogens (tertiary/aromatic N) is 1. The number of aliphatic hydroxyl groups excluding tert-OH is 1. The molecule has 0 saturated carbocycles. The molecule has 1 fully saturated rings. The van der Waals surface area contributed by atoms with Gasteiger partial charge in [-0.05, 0) is 50.3 Å². The van der Waals surface area contributed by atoms with Crippen molar-refractivity contribution in [2.45, 2.75) is 39.7 Å². The van der Waals surface area contributed by atoms with E-state index >= 15 is 0 Å². The smallest absolute Gasteiger partial charge is 0.260 e. The Hall–Kier alpha value is -1.55. The number of ether oxygens (including phenoxy) is 1. The third kappa shape index (κ3) is 3.31. The predicted molar refractivity (Wildman–Crippen MR) is 78.0 cm³/mol. The summed E-state index contributed by atoms with van der Waals surface area (Å²) < 4.78 is 5.74. The van der Waals surface area contributed by atoms with Gasteiger partial charge in [-0.2, -0.15) is 0 Å². The minimum Gasteiger partial charge on any atom is -0.483 e. The second kappa shape index (κ2) is 6.27. The molecule has 4 heteroatoms. The summed E-state index contributed by atoms with van der Waals surface area (Å²) in [6.45, 7) is 7.35. The minimum absolute atomic E-state index is 0.00259. The molecule has 0 radical (unpaired) electrons. The van der Waals surface area contributed by atoms with Crippen molar-refractivity contribution in [3.05, 3.63) is 28.8 Å². The maximum Gasteiger partial charge on any atom is 0.260 e. The number of amides is 1. The first-order valence-electron chi connectivity index (χ1n) is 7.14. The van der Waals surface area contributed by atoms with E-state index < -0.39 is 0 Å². The molecule has 1 aliphatic rings. The van der Waals surface area contributed by atoms with Crippen molar-refractivity contribution in [2.24, 2.45) is 0 Å². The molecular formula is C16H23NO3. The van der Waals surface area contributed by atoms with Crippen molar-refractivity contribution in [1.82, 2.24) is 4.90 Å². The fourth-order valence-corrected chi connectivity index (χ4v) is 2.49. The SMILES string of the molecule is Cc1ccc(C)c(OCC(=O)N2CCC(O)CC2)c1C. The van der Waals surface area contributed by atoms with Crippen LogP contribution in [0, 0.1) is 20.8 Å². The van der Waals surface area contributed by atoms with Crippen LogP contribution in [-0.2, 0) is 4.79 Å². The van der Waals surface area contributed by atoms with Crippen LogP contribution in [0.2, 0.25) is 0 Å². The Labute approximate surface area is 120 Å². The van der Waals surface area contributed by atoms with Crippen LogP contribution in [0.15, 0.2) is 12.1 Å². The van der Waals surface area contributed by atoms with Gasteiger partial charge in [0.25, 0.3) is 5.91 Å². The Kier molecular flexibility index (Phi) is 4.65. The fourth-order valence-electron chi connectivity index (χ4n) is 2.49. The predicted octanol–water partition coefficient (Wildman–Crippen LogP) is 1.97. The molecule has 0 aliphatic carbocycles. The molecular weight excluding hydrogens is 254 g/mol. The Bertz CT molecular complexity index is 491. The van der Waals surface area contributed by atoms with Crippen LogP contribution in [-0.4, -0.2) is 41.7 Å². The van der Waals surface area contributed by atoms with Crippen molar-refractivity contribution < 1.29 is 14.6 Å². The van der Waals surface area contributed by atoms with Gasteiger partial charge in [0.2, 0.25) is 0 Å². The van der Waals surface area contributed by atoms with Crippen molar-refractivity contribution >= 4 is 5.91 Å². The summed E-state index contributed by atoms with van der Waals surface area (Å²) in [7, 11) is 0. The van der Waals surface area contributed by atoms with Gasteiger partial charge < -0.3 is 14.7 Å². The van der Waals surface area contributed by atoms with Gasteiger partial charge in [-0.1, -0.05) is 12.1 Å². The molecule has 2 rings (SSSR count). The molecule has 0 unspecified atom stereocenters. The highest BCUT2D eigenvalue weighted by Crippen LogP contribution is 2.25. The summed E-state index contributed by atoms with van der Waals surface area (Å²) >= 11 is 0. The van der Waals surface area contributed by atoms with Crippen LogP contribution in [0.4, 0.5) is 0 Å². The van der Waals surface area contributed by atoms with E-state index in [4.69, 9.17) is 4.74 Å². The van der Waals surface area contributed by atoms with E-state index in [1.807, 2.05) is 26.8 Å². The third-order valence-electron chi connectivity index (χ3n) is 4.03. The number of aliphatic hydroxyl groups is 1. The van der Waals surface area contributed by atoms with E-state index in [0.29, 0.717) is 25.9 Å². The monoisotopic (exact) mass is 277 g/mol. The van der Waals surface area contributed by atoms with E-state index in [-0.39, 0.29) is 18.6 Å². The zero-order chi connectivity index (χ0) is 14.7. The van der Waals surface area contributed by atoms with Crippen LogP contribution in [0.25, 0.3) is 0 Å². The van der Waals surface area contributed by atoms with E-state index in [1.165, 1.54) is 5.56 Å². The molecule has 1 aromatic carbocycles. The van der Waals surface area contributed by atoms with Crippen LogP contribution in [0.1, 0.15) is 29.5 Å². The number of carbonyl (C=O) groups excluding carboxylic acids is 1. The standard InChI is InChI=1S/C16H23NO3/c1-11-4-5-12(2)16(13(11)3)20-10-15(19)17-8-6-14(18)7-9-17/h4-5,14,18H,6-10H2,1-3H3. The first-order chi connectivity index (χ1) is 9.49. The third-order valence-corrected chi connectivity index (χ3v) is 4.03. The zero-order valence-corrected chi connectivity index (χ0v) is 12.5. The topological polar surface area (TPSA) is 49.8 Å². The summed E-state index contributed by atoms with van der Waals surface area (Å²) in [6, 6.07) is 4.07. The van der Waals surface area contributed by atoms with E-state index in [0.717, 1.165) is 16.9 Å². The van der Waals surface area contributed by atoms with Gasteiger partial charge >= 0.3 is 0 Å². The maximum absolute atomic E-state index is 12.1. The highest BCUT2D eigenvalue weighted by Gasteiger charge is 2.21. The van der Waals surface area contributed by atoms with Crippen LogP contribution < -0.4 is 4.74 Å². The fraction of sp³-hybridized carbons (Fsp3) is 0.562. The van der Waals surface area contributed by atoms with Gasteiger partial charge in [-0.15, -0.1) is 0 Å². The van der Waals surface area contributed by atoms with Gasteiger partial charge in [0.1, 0.15) is 5.75 Å². The van der Waals surface area contributed by atoms with Gasteiger partial charge in [0, 0.05) is 13.1 Å². The molecule has 20 heavy (non-hydrogen) atoms. The molecule has 110 valence electrons. The molecule has 1 N–H and O–H groups in total. The maximum atomic E-state index is 12.1. The lowest BCUT2D eigenvalue weighted by atomic mass is 10.1. The number of benzene rings is 1. The lowest BCUT2D eigenvalue weighted by molar-refractivity contribution is -0.135. The number of likely N-dealkylation sites (tertiary alicyclic amines) is 1. The second-order valence-corrected chi connectivity index (χ2v) is 5.55. The zero-order valence-electron chi connectivity index (χ0n) is 12.5. The first kappa shape index (κ1) is 14.9. The number of carbonyl (C=O) groups is 1. The Morgan fingerprint density at radius 1 is 1.25 bits per heavy atom. The molecule has 4 nitrogen and oxygen atoms in total. The van der Waals surface area contributed by atoms with Crippen LogP contribution >= 0.6 is 0 Å². The van der Waals surface area contributed by atoms with Crippen molar-refractivity contribution in [2.75, 3.05) is 19.7 Å². The first-order valence-corrected chi connectivity index (χ1v) is 7.14. The summed E-state index contributed by atoms with van der Waals surface area (Å²) in [5.74, 6) is 0.813. The normalized spacial score (nSPS) is 16.3. The van der Waals surface area contributed by atoms with Gasteiger partial charge in [0.15, 0.2) is 6.61 Å². The molecule has 0 bridgehead atoms. The van der Waals surface area contributed by atoms with E-state index in [2.05, 4.69) is 6.07 Å². The average Bonchev–Trinajstić information content (AvgIpc) is 2.43. The lowest BCUT2D eigenvalue weighted by Gasteiger charge is -2.29. The molecule has 0 atom stereocenters. The van der Waals surface area contributed by atoms with E-state index in [1.54, 1.807) is 4.90 Å². The summed E-state index contributed by atoms with van der Waals surface area (Å²) in [5, 5.41) is 9.45. The molecule has 0 spiro atoms. The van der Waals surface area contributed by atoms with Crippen LogP contribution in [0.5, 0.6) is 5.75 Å². The molecule has 0 aromatic heterocycles.